The molecule has 0 radical (unpaired) electrons. The van der Waals surface area contributed by atoms with E-state index in [1.54, 1.807) is 7.11 Å². The Balaban J connectivity index is 1.22. The third kappa shape index (κ3) is 4.38. The Morgan fingerprint density at radius 2 is 1.77 bits per heavy atom. The summed E-state index contributed by atoms with van der Waals surface area (Å²) in [7, 11) is 1.65. The van der Waals surface area contributed by atoms with E-state index in [1.165, 1.54) is 5.56 Å². The summed E-state index contributed by atoms with van der Waals surface area (Å²) in [5.74, 6) is 1.42. The van der Waals surface area contributed by atoms with Crippen molar-refractivity contribution in [2.75, 3.05) is 26.0 Å². The highest BCUT2D eigenvalue weighted by Crippen LogP contribution is 2.50. The van der Waals surface area contributed by atoms with Crippen LogP contribution in [-0.4, -0.2) is 62.9 Å². The number of amides is 2. The van der Waals surface area contributed by atoms with Gasteiger partial charge in [-0.05, 0) is 50.5 Å². The van der Waals surface area contributed by atoms with Gasteiger partial charge in [0.1, 0.15) is 5.82 Å². The second kappa shape index (κ2) is 10.2. The fraction of sp³-hybridized carbons (Fsp3) is 0.419. The quantitative estimate of drug-likeness (QED) is 0.322. The number of benzene rings is 1. The molecule has 40 heavy (non-hydrogen) atoms. The minimum absolute atomic E-state index is 0.0258. The Labute approximate surface area is 233 Å². The number of hydrogen-bond acceptors (Lipinski definition) is 6. The van der Waals surface area contributed by atoms with Crippen LogP contribution in [0.1, 0.15) is 61.6 Å². The van der Waals surface area contributed by atoms with Gasteiger partial charge in [-0.2, -0.15) is 9.61 Å². The largest absolute Gasteiger partial charge is 0.383 e. The van der Waals surface area contributed by atoms with E-state index in [1.807, 2.05) is 41.2 Å². The van der Waals surface area contributed by atoms with Gasteiger partial charge in [0.2, 0.25) is 0 Å². The first-order chi connectivity index (χ1) is 19.6. The lowest BCUT2D eigenvalue weighted by Crippen LogP contribution is -2.51. The van der Waals surface area contributed by atoms with E-state index >= 15 is 0 Å². The van der Waals surface area contributed by atoms with E-state index in [-0.39, 0.29) is 24.0 Å². The van der Waals surface area contributed by atoms with Crippen molar-refractivity contribution in [2.24, 2.45) is 0 Å². The molecule has 9 heteroatoms. The van der Waals surface area contributed by atoms with Gasteiger partial charge in [-0.1, -0.05) is 36.4 Å². The Morgan fingerprint density at radius 3 is 2.45 bits per heavy atom. The lowest BCUT2D eigenvalue weighted by molar-refractivity contribution is 0.133. The lowest BCUT2D eigenvalue weighted by Gasteiger charge is -2.39. The van der Waals surface area contributed by atoms with Crippen molar-refractivity contribution >= 4 is 17.5 Å². The third-order valence-corrected chi connectivity index (χ3v) is 8.82. The fourth-order valence-corrected chi connectivity index (χ4v) is 6.77. The van der Waals surface area contributed by atoms with Crippen molar-refractivity contribution in [2.45, 2.75) is 62.4 Å². The van der Waals surface area contributed by atoms with Crippen LogP contribution < -0.4 is 11.1 Å². The summed E-state index contributed by atoms with van der Waals surface area (Å²) in [5.41, 5.74) is 13.8. The van der Waals surface area contributed by atoms with Crippen LogP contribution in [0.3, 0.4) is 0 Å². The third-order valence-electron chi connectivity index (χ3n) is 8.82. The van der Waals surface area contributed by atoms with Crippen LogP contribution in [-0.2, 0) is 4.74 Å². The molecule has 3 fully saturated rings. The number of hydrogen-bond donors (Lipinski definition) is 2. The number of nitrogen functional groups attached to an aromatic ring is 1. The number of carbonyl (C=O) groups is 1. The van der Waals surface area contributed by atoms with Gasteiger partial charge in [-0.15, -0.1) is 0 Å². The van der Waals surface area contributed by atoms with Crippen molar-refractivity contribution < 1.29 is 9.53 Å². The number of pyridine rings is 1. The summed E-state index contributed by atoms with van der Waals surface area (Å²) in [4.78, 5) is 25.1. The Kier molecular flexibility index (Phi) is 6.38. The van der Waals surface area contributed by atoms with E-state index in [9.17, 15) is 4.79 Å². The maximum atomic E-state index is 13.0. The van der Waals surface area contributed by atoms with Gasteiger partial charge in [-0.25, -0.2) is 9.78 Å². The average Bonchev–Trinajstić information content (AvgIpc) is 3.67. The van der Waals surface area contributed by atoms with Crippen molar-refractivity contribution in [3.63, 3.8) is 0 Å². The number of anilines is 1. The van der Waals surface area contributed by atoms with Gasteiger partial charge in [0, 0.05) is 60.1 Å². The standard InChI is InChI=1S/C31H35N7O2/c1-40-14-13-33-31(39)37-23-10-11-24(37)16-22(15-23)28-27(20-7-8-20)29(32)38-30(36-28)25(18-35-38)21-9-12-26(34-17-21)19-5-3-2-4-6-19/h2-6,9,12,17-18,20,22-24H,7-8,10-11,13-16,32H2,1H3,(H,33,39)/t22-,23-,24+. The van der Waals surface area contributed by atoms with Crippen molar-refractivity contribution in [1.29, 1.82) is 0 Å². The maximum absolute atomic E-state index is 13.0. The fourth-order valence-electron chi connectivity index (χ4n) is 6.77. The molecule has 1 aliphatic carbocycles. The molecular formula is C31H35N7O2. The summed E-state index contributed by atoms with van der Waals surface area (Å²) in [6.07, 6.45) is 9.91. The van der Waals surface area contributed by atoms with E-state index in [4.69, 9.17) is 20.4 Å². The SMILES string of the molecule is COCCNC(=O)N1[C@@H]2CC[C@H]1C[C@H](c1nc3c(-c4ccc(-c5ccccc5)nc4)cnn3c(N)c1C1CC1)C2. The molecule has 1 aromatic carbocycles. The highest BCUT2D eigenvalue weighted by atomic mass is 16.5. The highest BCUT2D eigenvalue weighted by molar-refractivity contribution is 5.79. The number of piperidine rings is 1. The molecular weight excluding hydrogens is 502 g/mol. The first-order valence-corrected chi connectivity index (χ1v) is 14.4. The molecule has 3 aliphatic rings. The minimum atomic E-state index is 0.0258. The number of nitrogens with two attached hydrogens (primary N) is 1. The van der Waals surface area contributed by atoms with E-state index in [0.717, 1.165) is 72.3 Å². The van der Waals surface area contributed by atoms with E-state index in [2.05, 4.69) is 33.5 Å². The molecule has 3 atom stereocenters. The molecule has 7 rings (SSSR count). The normalized spacial score (nSPS) is 22.1. The number of nitrogens with zero attached hydrogens (tertiary/aromatic N) is 5. The zero-order valence-electron chi connectivity index (χ0n) is 22.8. The predicted octanol–water partition coefficient (Wildman–Crippen LogP) is 4.98. The molecule has 2 aliphatic heterocycles. The monoisotopic (exact) mass is 537 g/mol. The second-order valence-corrected chi connectivity index (χ2v) is 11.3. The first kappa shape index (κ1) is 25.0. The van der Waals surface area contributed by atoms with Crippen LogP contribution in [0, 0.1) is 0 Å². The van der Waals surface area contributed by atoms with Gasteiger partial charge < -0.3 is 20.7 Å². The van der Waals surface area contributed by atoms with Gasteiger partial charge >= 0.3 is 6.03 Å². The molecule has 5 heterocycles. The average molecular weight is 538 g/mol. The van der Waals surface area contributed by atoms with Crippen LogP contribution in [0.5, 0.6) is 0 Å². The summed E-state index contributed by atoms with van der Waals surface area (Å²) in [6.45, 7) is 1.05. The molecule has 206 valence electrons. The number of aromatic nitrogens is 4. The first-order valence-electron chi connectivity index (χ1n) is 14.4. The summed E-state index contributed by atoms with van der Waals surface area (Å²) in [5, 5.41) is 7.70. The van der Waals surface area contributed by atoms with Crippen molar-refractivity contribution in [3.05, 3.63) is 66.1 Å². The highest BCUT2D eigenvalue weighted by Gasteiger charge is 2.45. The van der Waals surface area contributed by atoms with Gasteiger partial charge in [-0.3, -0.25) is 4.98 Å². The molecule has 3 N–H and O–H groups in total. The lowest BCUT2D eigenvalue weighted by atomic mass is 9.85. The van der Waals surface area contributed by atoms with E-state index < -0.39 is 0 Å². The van der Waals surface area contributed by atoms with Gasteiger partial charge in [0.25, 0.3) is 0 Å². The zero-order chi connectivity index (χ0) is 27.2. The van der Waals surface area contributed by atoms with Crippen LogP contribution in [0.25, 0.3) is 28.0 Å². The molecule has 2 saturated heterocycles. The van der Waals surface area contributed by atoms with E-state index in [0.29, 0.717) is 24.9 Å². The topological polar surface area (TPSA) is 111 Å². The molecule has 0 unspecified atom stereocenters. The number of carbonyl (C=O) groups excluding carboxylic acids is 1. The van der Waals surface area contributed by atoms with Crippen LogP contribution in [0.15, 0.2) is 54.9 Å². The predicted molar refractivity (Wildman–Crippen MR) is 154 cm³/mol. The molecule has 3 aromatic heterocycles. The summed E-state index contributed by atoms with van der Waals surface area (Å²) >= 11 is 0. The summed E-state index contributed by atoms with van der Waals surface area (Å²) < 4.78 is 6.92. The van der Waals surface area contributed by atoms with Crippen LogP contribution >= 0.6 is 0 Å². The van der Waals surface area contributed by atoms with Gasteiger partial charge in [0.05, 0.1) is 24.2 Å². The Bertz CT molecular complexity index is 1520. The number of fused-ring (bicyclic) bond motifs is 3. The number of ether oxygens (including phenoxy) is 1. The van der Waals surface area contributed by atoms with Crippen LogP contribution in [0.2, 0.25) is 0 Å². The number of nitrogens with one attached hydrogen (secondary N) is 1. The smallest absolute Gasteiger partial charge is 0.317 e. The summed E-state index contributed by atoms with van der Waals surface area (Å²) in [6, 6.07) is 14.8. The number of methoxy groups -OCH3 is 1. The molecule has 0 spiro atoms. The second-order valence-electron chi connectivity index (χ2n) is 11.3. The maximum Gasteiger partial charge on any atom is 0.317 e. The van der Waals surface area contributed by atoms with Gasteiger partial charge in [0.15, 0.2) is 5.65 Å². The number of rotatable bonds is 7. The zero-order valence-corrected chi connectivity index (χ0v) is 22.8. The molecule has 4 aromatic rings. The molecule has 1 saturated carbocycles. The number of urea groups is 1. The van der Waals surface area contributed by atoms with Crippen molar-refractivity contribution in [1.82, 2.24) is 29.8 Å². The van der Waals surface area contributed by atoms with Crippen molar-refractivity contribution in [3.8, 4) is 22.4 Å². The molecule has 9 nitrogen and oxygen atoms in total. The molecule has 2 bridgehead atoms. The Hall–Kier alpha value is -3.98. The molecule has 2 amide bonds. The Morgan fingerprint density at radius 1 is 1.00 bits per heavy atom. The minimum Gasteiger partial charge on any atom is -0.383 e. The van der Waals surface area contributed by atoms with Crippen LogP contribution in [0.4, 0.5) is 10.6 Å².